The second kappa shape index (κ2) is 6.26. The molecule has 1 rings (SSSR count). The normalized spacial score (nSPS) is 14.2. The van der Waals surface area contributed by atoms with Gasteiger partial charge in [-0.05, 0) is 17.7 Å². The van der Waals surface area contributed by atoms with Crippen molar-refractivity contribution in [3.63, 3.8) is 0 Å². The van der Waals surface area contributed by atoms with Crippen LogP contribution in [0.2, 0.25) is 5.02 Å². The van der Waals surface area contributed by atoms with Crippen LogP contribution in [0.4, 0.5) is 0 Å². The van der Waals surface area contributed by atoms with Crippen molar-refractivity contribution in [3.8, 4) is 0 Å². The summed E-state index contributed by atoms with van der Waals surface area (Å²) in [6, 6.07) is 4.40. The lowest BCUT2D eigenvalue weighted by Gasteiger charge is -2.17. The second-order valence-corrected chi connectivity index (χ2v) is 4.20. The molecule has 2 N–H and O–H groups in total. The smallest absolute Gasteiger partial charge is 0.339 e. The molecule has 0 aliphatic rings. The van der Waals surface area contributed by atoms with Crippen LogP contribution in [0.5, 0.6) is 0 Å². The monoisotopic (exact) mass is 276 g/mol. The minimum Gasteiger partial charge on any atom is -0.465 e. The Labute approximate surface area is 110 Å². The van der Waals surface area contributed by atoms with Crippen molar-refractivity contribution < 1.29 is 19.7 Å². The van der Waals surface area contributed by atoms with Gasteiger partial charge in [0.2, 0.25) is 0 Å². The highest BCUT2D eigenvalue weighted by Gasteiger charge is 2.20. The molecule has 6 heteroatoms. The van der Waals surface area contributed by atoms with Crippen LogP contribution < -0.4 is 0 Å². The Balaban J connectivity index is 3.08. The van der Waals surface area contributed by atoms with E-state index >= 15 is 0 Å². The van der Waals surface area contributed by atoms with E-state index in [0.29, 0.717) is 5.56 Å². The van der Waals surface area contributed by atoms with E-state index in [1.165, 1.54) is 25.3 Å². The fourth-order valence-corrected chi connectivity index (χ4v) is 1.71. The summed E-state index contributed by atoms with van der Waals surface area (Å²) in [5, 5.41) is 19.5. The zero-order valence-electron chi connectivity index (χ0n) is 9.13. The SMILES string of the molecule is COC(=O)c1cc(C(O)C(O)CS)ccc1Cl. The first-order valence-electron chi connectivity index (χ1n) is 4.86. The number of carbonyl (C=O) groups excluding carboxylic acids is 1. The van der Waals surface area contributed by atoms with Gasteiger partial charge in [-0.2, -0.15) is 12.6 Å². The molecule has 0 aromatic heterocycles. The van der Waals surface area contributed by atoms with E-state index in [1.807, 2.05) is 0 Å². The molecule has 0 bridgehead atoms. The van der Waals surface area contributed by atoms with Crippen molar-refractivity contribution in [2.75, 3.05) is 12.9 Å². The number of methoxy groups -OCH3 is 1. The molecule has 4 nitrogen and oxygen atoms in total. The Morgan fingerprint density at radius 3 is 2.71 bits per heavy atom. The topological polar surface area (TPSA) is 66.8 Å². The molecule has 0 heterocycles. The molecule has 0 amide bonds. The zero-order valence-corrected chi connectivity index (χ0v) is 10.8. The Hall–Kier alpha value is -0.750. The first-order valence-corrected chi connectivity index (χ1v) is 5.87. The molecule has 0 fully saturated rings. The molecular formula is C11H13ClO4S. The van der Waals surface area contributed by atoms with Gasteiger partial charge in [-0.1, -0.05) is 17.7 Å². The Bertz CT molecular complexity index is 410. The van der Waals surface area contributed by atoms with Gasteiger partial charge in [-0.15, -0.1) is 0 Å². The molecule has 1 aromatic rings. The van der Waals surface area contributed by atoms with E-state index in [4.69, 9.17) is 11.6 Å². The van der Waals surface area contributed by atoms with E-state index in [-0.39, 0.29) is 16.3 Å². The molecule has 0 aliphatic carbocycles. The molecule has 0 saturated carbocycles. The average Bonchev–Trinajstić information content (AvgIpc) is 2.36. The summed E-state index contributed by atoms with van der Waals surface area (Å²) in [6.45, 7) is 0. The third-order valence-corrected chi connectivity index (χ3v) is 2.99. The van der Waals surface area contributed by atoms with Gasteiger partial charge in [0.15, 0.2) is 0 Å². The number of hydrogen-bond acceptors (Lipinski definition) is 5. The quantitative estimate of drug-likeness (QED) is 0.575. The van der Waals surface area contributed by atoms with E-state index in [0.717, 1.165) is 0 Å². The van der Waals surface area contributed by atoms with Gasteiger partial charge in [0, 0.05) is 5.75 Å². The van der Waals surface area contributed by atoms with Gasteiger partial charge < -0.3 is 14.9 Å². The van der Waals surface area contributed by atoms with Crippen LogP contribution >= 0.6 is 24.2 Å². The molecular weight excluding hydrogens is 264 g/mol. The van der Waals surface area contributed by atoms with Crippen LogP contribution in [0.25, 0.3) is 0 Å². The van der Waals surface area contributed by atoms with Crippen molar-refractivity contribution in [3.05, 3.63) is 34.3 Å². The number of aliphatic hydroxyl groups excluding tert-OH is 2. The van der Waals surface area contributed by atoms with Crippen molar-refractivity contribution in [1.29, 1.82) is 0 Å². The van der Waals surface area contributed by atoms with Crippen molar-refractivity contribution in [2.45, 2.75) is 12.2 Å². The van der Waals surface area contributed by atoms with Gasteiger partial charge >= 0.3 is 5.97 Å². The maximum atomic E-state index is 11.4. The number of aliphatic hydroxyl groups is 2. The summed E-state index contributed by atoms with van der Waals surface area (Å²) >= 11 is 9.71. The summed E-state index contributed by atoms with van der Waals surface area (Å²) in [4.78, 5) is 11.4. The fraction of sp³-hybridized carbons (Fsp3) is 0.364. The Morgan fingerprint density at radius 1 is 1.53 bits per heavy atom. The highest BCUT2D eigenvalue weighted by molar-refractivity contribution is 7.80. The number of esters is 1. The van der Waals surface area contributed by atoms with Crippen LogP contribution in [-0.2, 0) is 4.74 Å². The lowest BCUT2D eigenvalue weighted by atomic mass is 10.0. The lowest BCUT2D eigenvalue weighted by Crippen LogP contribution is -2.20. The molecule has 0 radical (unpaired) electrons. The largest absolute Gasteiger partial charge is 0.465 e. The fourth-order valence-electron chi connectivity index (χ4n) is 1.32. The third kappa shape index (κ3) is 3.35. The van der Waals surface area contributed by atoms with E-state index in [2.05, 4.69) is 17.4 Å². The maximum absolute atomic E-state index is 11.4. The summed E-state index contributed by atoms with van der Waals surface area (Å²) in [5.41, 5.74) is 0.536. The van der Waals surface area contributed by atoms with Crippen LogP contribution in [0.3, 0.4) is 0 Å². The summed E-state index contributed by atoms with van der Waals surface area (Å²) in [6.07, 6.45) is -2.13. The van der Waals surface area contributed by atoms with Crippen LogP contribution in [0.15, 0.2) is 18.2 Å². The van der Waals surface area contributed by atoms with Gasteiger partial charge in [0.05, 0.1) is 23.8 Å². The van der Waals surface area contributed by atoms with Gasteiger partial charge in [0.25, 0.3) is 0 Å². The molecule has 17 heavy (non-hydrogen) atoms. The van der Waals surface area contributed by atoms with Gasteiger partial charge in [-0.3, -0.25) is 0 Å². The minimum absolute atomic E-state index is 0.108. The summed E-state index contributed by atoms with van der Waals surface area (Å²) in [7, 11) is 1.24. The number of carbonyl (C=O) groups is 1. The highest BCUT2D eigenvalue weighted by Crippen LogP contribution is 2.24. The maximum Gasteiger partial charge on any atom is 0.339 e. The van der Waals surface area contributed by atoms with Gasteiger partial charge in [0.1, 0.15) is 6.10 Å². The van der Waals surface area contributed by atoms with Crippen molar-refractivity contribution >= 4 is 30.2 Å². The van der Waals surface area contributed by atoms with E-state index in [9.17, 15) is 15.0 Å². The first kappa shape index (κ1) is 14.3. The zero-order chi connectivity index (χ0) is 13.0. The predicted octanol–water partition coefficient (Wildman–Crippen LogP) is 1.45. The minimum atomic E-state index is -1.12. The first-order chi connectivity index (χ1) is 8.01. The number of thiol groups is 1. The summed E-state index contributed by atoms with van der Waals surface area (Å²) in [5.74, 6) is -0.485. The number of hydrogen-bond donors (Lipinski definition) is 3. The summed E-state index contributed by atoms with van der Waals surface area (Å²) < 4.78 is 4.56. The third-order valence-electron chi connectivity index (χ3n) is 2.29. The number of benzene rings is 1. The molecule has 0 aliphatic heterocycles. The number of ether oxygens (including phenoxy) is 1. The Kier molecular flexibility index (Phi) is 5.27. The van der Waals surface area contributed by atoms with E-state index in [1.54, 1.807) is 0 Å². The van der Waals surface area contributed by atoms with Crippen molar-refractivity contribution in [2.24, 2.45) is 0 Å². The van der Waals surface area contributed by atoms with E-state index < -0.39 is 18.2 Å². The van der Waals surface area contributed by atoms with Gasteiger partial charge in [-0.25, -0.2) is 4.79 Å². The van der Waals surface area contributed by atoms with Crippen LogP contribution in [-0.4, -0.2) is 35.1 Å². The highest BCUT2D eigenvalue weighted by atomic mass is 35.5. The number of halogens is 1. The second-order valence-electron chi connectivity index (χ2n) is 3.43. The standard InChI is InChI=1S/C11H13ClO4S/c1-16-11(15)7-4-6(2-3-8(7)12)10(14)9(13)5-17/h2-4,9-10,13-14,17H,5H2,1H3. The van der Waals surface area contributed by atoms with Crippen LogP contribution in [0, 0.1) is 0 Å². The van der Waals surface area contributed by atoms with Crippen LogP contribution in [0.1, 0.15) is 22.0 Å². The molecule has 1 aromatic carbocycles. The molecule has 94 valence electrons. The molecule has 0 spiro atoms. The molecule has 2 unspecified atom stereocenters. The predicted molar refractivity (Wildman–Crippen MR) is 67.6 cm³/mol. The average molecular weight is 277 g/mol. The van der Waals surface area contributed by atoms with Crippen molar-refractivity contribution in [1.82, 2.24) is 0 Å². The molecule has 0 saturated heterocycles. The molecule has 2 atom stereocenters. The number of rotatable bonds is 4. The lowest BCUT2D eigenvalue weighted by molar-refractivity contribution is 0.0336. The Morgan fingerprint density at radius 2 is 2.18 bits per heavy atom.